The molecule has 19 heavy (non-hydrogen) atoms. The minimum absolute atomic E-state index is 0.0533. The average molecular weight is 283 g/mol. The van der Waals surface area contributed by atoms with Gasteiger partial charge in [-0.15, -0.1) is 0 Å². The monoisotopic (exact) mass is 283 g/mol. The van der Waals surface area contributed by atoms with Gasteiger partial charge in [0.05, 0.1) is 11.4 Å². The summed E-state index contributed by atoms with van der Waals surface area (Å²) in [5.74, 6) is 0.293. The van der Waals surface area contributed by atoms with Gasteiger partial charge in [-0.05, 0) is 37.7 Å². The Hall–Kier alpha value is -0.910. The van der Waals surface area contributed by atoms with Gasteiger partial charge in [0.1, 0.15) is 0 Å². The van der Waals surface area contributed by atoms with E-state index in [1.807, 2.05) is 30.3 Å². The largest absolute Gasteiger partial charge is 0.389 e. The van der Waals surface area contributed by atoms with Gasteiger partial charge in [-0.1, -0.05) is 30.3 Å². The van der Waals surface area contributed by atoms with Crippen LogP contribution in [-0.2, 0) is 16.4 Å². The summed E-state index contributed by atoms with van der Waals surface area (Å²) in [6.45, 7) is 1.80. The van der Waals surface area contributed by atoms with Crippen LogP contribution in [0.1, 0.15) is 25.3 Å². The van der Waals surface area contributed by atoms with Crippen LogP contribution in [0.4, 0.5) is 0 Å². The average Bonchev–Trinajstić information content (AvgIpc) is 3.21. The van der Waals surface area contributed by atoms with E-state index in [9.17, 15) is 13.5 Å². The van der Waals surface area contributed by atoms with Gasteiger partial charge in [0.15, 0.2) is 0 Å². The molecule has 1 aliphatic rings. The molecule has 106 valence electrons. The van der Waals surface area contributed by atoms with Gasteiger partial charge in [-0.2, -0.15) is 0 Å². The third-order valence-corrected chi connectivity index (χ3v) is 4.93. The SMILES string of the molecule is C[C@](O)(CNS(=O)(=O)CCc1ccccc1)C1CC1. The summed E-state index contributed by atoms with van der Waals surface area (Å²) in [7, 11) is -3.33. The van der Waals surface area contributed by atoms with Crippen LogP contribution in [-0.4, -0.2) is 31.4 Å². The van der Waals surface area contributed by atoms with E-state index in [-0.39, 0.29) is 18.2 Å². The first-order valence-electron chi connectivity index (χ1n) is 6.63. The number of aryl methyl sites for hydroxylation is 1. The molecule has 2 N–H and O–H groups in total. The Morgan fingerprint density at radius 3 is 2.53 bits per heavy atom. The van der Waals surface area contributed by atoms with Crippen LogP contribution >= 0.6 is 0 Å². The van der Waals surface area contributed by atoms with Crippen molar-refractivity contribution in [3.05, 3.63) is 35.9 Å². The van der Waals surface area contributed by atoms with Crippen molar-refractivity contribution in [2.45, 2.75) is 31.8 Å². The number of hydrogen-bond acceptors (Lipinski definition) is 3. The fourth-order valence-corrected chi connectivity index (χ4v) is 3.24. The molecular formula is C14H21NO3S. The highest BCUT2D eigenvalue weighted by atomic mass is 32.2. The van der Waals surface area contributed by atoms with Crippen LogP contribution in [0.25, 0.3) is 0 Å². The summed E-state index contributed by atoms with van der Waals surface area (Å²) < 4.78 is 26.3. The summed E-state index contributed by atoms with van der Waals surface area (Å²) in [6, 6.07) is 9.52. The lowest BCUT2D eigenvalue weighted by atomic mass is 10.0. The molecule has 0 unspecified atom stereocenters. The molecule has 2 rings (SSSR count). The second-order valence-electron chi connectivity index (χ2n) is 5.51. The quantitative estimate of drug-likeness (QED) is 0.793. The van der Waals surface area contributed by atoms with Gasteiger partial charge < -0.3 is 5.11 Å². The zero-order chi connectivity index (χ0) is 13.9. The fourth-order valence-electron chi connectivity index (χ4n) is 2.07. The molecule has 0 spiro atoms. The van der Waals surface area contributed by atoms with Crippen molar-refractivity contribution in [2.24, 2.45) is 5.92 Å². The van der Waals surface area contributed by atoms with Crippen LogP contribution in [0, 0.1) is 5.92 Å². The van der Waals surface area contributed by atoms with Crippen LogP contribution in [0.3, 0.4) is 0 Å². The lowest BCUT2D eigenvalue weighted by molar-refractivity contribution is 0.0422. The number of sulfonamides is 1. The lowest BCUT2D eigenvalue weighted by Crippen LogP contribution is -2.43. The Balaban J connectivity index is 1.82. The summed E-state index contributed by atoms with van der Waals surface area (Å²) in [4.78, 5) is 0. The molecule has 0 heterocycles. The van der Waals surface area contributed by atoms with Gasteiger partial charge >= 0.3 is 0 Å². The number of hydrogen-bond donors (Lipinski definition) is 2. The first kappa shape index (κ1) is 14.5. The molecule has 0 bridgehead atoms. The van der Waals surface area contributed by atoms with Crippen molar-refractivity contribution in [1.29, 1.82) is 0 Å². The minimum Gasteiger partial charge on any atom is -0.389 e. The topological polar surface area (TPSA) is 66.4 Å². The molecule has 0 amide bonds. The number of nitrogens with one attached hydrogen (secondary N) is 1. The molecule has 1 atom stereocenters. The molecule has 1 saturated carbocycles. The Morgan fingerprint density at radius 2 is 1.95 bits per heavy atom. The van der Waals surface area contributed by atoms with E-state index in [1.165, 1.54) is 0 Å². The molecule has 1 aromatic rings. The zero-order valence-corrected chi connectivity index (χ0v) is 12.0. The van der Waals surface area contributed by atoms with E-state index in [0.29, 0.717) is 6.42 Å². The fraction of sp³-hybridized carbons (Fsp3) is 0.571. The van der Waals surface area contributed by atoms with E-state index >= 15 is 0 Å². The van der Waals surface area contributed by atoms with Crippen molar-refractivity contribution in [3.63, 3.8) is 0 Å². The first-order valence-corrected chi connectivity index (χ1v) is 8.28. The third kappa shape index (κ3) is 4.60. The van der Waals surface area contributed by atoms with Gasteiger partial charge in [-0.25, -0.2) is 13.1 Å². The third-order valence-electron chi connectivity index (χ3n) is 3.61. The van der Waals surface area contributed by atoms with Crippen molar-refractivity contribution >= 4 is 10.0 Å². The second kappa shape index (κ2) is 5.61. The molecule has 4 nitrogen and oxygen atoms in total. The van der Waals surface area contributed by atoms with E-state index in [1.54, 1.807) is 6.92 Å². The van der Waals surface area contributed by atoms with Gasteiger partial charge in [0.2, 0.25) is 10.0 Å². The maximum atomic E-state index is 11.9. The number of benzene rings is 1. The zero-order valence-electron chi connectivity index (χ0n) is 11.2. The summed E-state index contributed by atoms with van der Waals surface area (Å²) in [6.07, 6.45) is 2.46. The molecule has 0 aromatic heterocycles. The number of rotatable bonds is 7. The summed E-state index contributed by atoms with van der Waals surface area (Å²) >= 11 is 0. The van der Waals surface area contributed by atoms with E-state index in [2.05, 4.69) is 4.72 Å². The maximum Gasteiger partial charge on any atom is 0.212 e. The second-order valence-corrected chi connectivity index (χ2v) is 7.43. The molecular weight excluding hydrogens is 262 g/mol. The highest BCUT2D eigenvalue weighted by Gasteiger charge is 2.40. The molecule has 0 aliphatic heterocycles. The van der Waals surface area contributed by atoms with Crippen LogP contribution in [0.2, 0.25) is 0 Å². The predicted molar refractivity (Wildman–Crippen MR) is 75.3 cm³/mol. The van der Waals surface area contributed by atoms with Crippen LogP contribution < -0.4 is 4.72 Å². The van der Waals surface area contributed by atoms with E-state index in [4.69, 9.17) is 0 Å². The van der Waals surface area contributed by atoms with E-state index in [0.717, 1.165) is 18.4 Å². The maximum absolute atomic E-state index is 11.9. The van der Waals surface area contributed by atoms with Crippen molar-refractivity contribution in [1.82, 2.24) is 4.72 Å². The first-order chi connectivity index (χ1) is 8.89. The Morgan fingerprint density at radius 1 is 1.32 bits per heavy atom. The van der Waals surface area contributed by atoms with Gasteiger partial charge in [-0.3, -0.25) is 0 Å². The van der Waals surface area contributed by atoms with Crippen molar-refractivity contribution in [3.8, 4) is 0 Å². The van der Waals surface area contributed by atoms with Gasteiger partial charge in [0, 0.05) is 6.54 Å². The normalized spacial score (nSPS) is 19.1. The van der Waals surface area contributed by atoms with E-state index < -0.39 is 15.6 Å². The molecule has 1 aromatic carbocycles. The molecule has 0 radical (unpaired) electrons. The molecule has 0 saturated heterocycles. The van der Waals surface area contributed by atoms with Crippen LogP contribution in [0.15, 0.2) is 30.3 Å². The molecule has 5 heteroatoms. The smallest absolute Gasteiger partial charge is 0.212 e. The summed E-state index contributed by atoms with van der Waals surface area (Å²) in [5, 5.41) is 10.1. The summed E-state index contributed by atoms with van der Waals surface area (Å²) in [5.41, 5.74) is 0.0848. The van der Waals surface area contributed by atoms with Crippen LogP contribution in [0.5, 0.6) is 0 Å². The van der Waals surface area contributed by atoms with Gasteiger partial charge in [0.25, 0.3) is 0 Å². The Labute approximate surface area is 114 Å². The number of aliphatic hydroxyl groups is 1. The highest BCUT2D eigenvalue weighted by Crippen LogP contribution is 2.39. The Kier molecular flexibility index (Phi) is 4.28. The van der Waals surface area contributed by atoms with Crippen molar-refractivity contribution in [2.75, 3.05) is 12.3 Å². The predicted octanol–water partition coefficient (Wildman–Crippen LogP) is 1.31. The standard InChI is InChI=1S/C14H21NO3S/c1-14(16,13-7-8-13)11-15-19(17,18)10-9-12-5-3-2-4-6-12/h2-6,13,15-16H,7-11H2,1H3/t14-/m0/s1. The Bertz CT molecular complexity index is 507. The molecule has 1 aliphatic carbocycles. The van der Waals surface area contributed by atoms with Crippen molar-refractivity contribution < 1.29 is 13.5 Å². The minimum atomic E-state index is -3.33. The molecule has 1 fully saturated rings. The lowest BCUT2D eigenvalue weighted by Gasteiger charge is -2.23. The highest BCUT2D eigenvalue weighted by molar-refractivity contribution is 7.89.